The van der Waals surface area contributed by atoms with E-state index in [1.165, 1.54) is 30.1 Å². The lowest BCUT2D eigenvalue weighted by Crippen LogP contribution is -2.24. The van der Waals surface area contributed by atoms with Crippen LogP contribution in [0.3, 0.4) is 0 Å². The summed E-state index contributed by atoms with van der Waals surface area (Å²) in [5.74, 6) is -0.596. The number of nitrogens with zero attached hydrogens (tertiary/aromatic N) is 3. The molecule has 2 aliphatic rings. The van der Waals surface area contributed by atoms with E-state index in [1.807, 2.05) is 0 Å². The number of aliphatic hydroxyl groups excluding tert-OH is 1. The molecule has 4 atom stereocenters. The van der Waals surface area contributed by atoms with Crippen LogP contribution < -0.4 is 26.2 Å². The lowest BCUT2D eigenvalue weighted by Gasteiger charge is -2.19. The fraction of sp³-hybridized carbons (Fsp3) is 0.217. The Labute approximate surface area is 199 Å². The van der Waals surface area contributed by atoms with Gasteiger partial charge in [-0.3, -0.25) is 19.1 Å². The van der Waals surface area contributed by atoms with Gasteiger partial charge in [0.25, 0.3) is 5.56 Å². The van der Waals surface area contributed by atoms with E-state index in [2.05, 4.69) is 15.0 Å². The van der Waals surface area contributed by atoms with E-state index in [0.717, 1.165) is 0 Å². The molecule has 4 unspecified atom stereocenters. The van der Waals surface area contributed by atoms with Crippen molar-refractivity contribution >= 4 is 39.1 Å². The van der Waals surface area contributed by atoms with Crippen LogP contribution in [-0.4, -0.2) is 49.2 Å². The van der Waals surface area contributed by atoms with Crippen molar-refractivity contribution in [3.63, 3.8) is 0 Å². The van der Waals surface area contributed by atoms with Crippen LogP contribution in [0.15, 0.2) is 44.6 Å². The monoisotopic (exact) mass is 491 g/mol. The second-order valence-electron chi connectivity index (χ2n) is 8.58. The first-order valence-corrected chi connectivity index (χ1v) is 10.9. The Morgan fingerprint density at radius 1 is 1.25 bits per heavy atom. The summed E-state index contributed by atoms with van der Waals surface area (Å²) in [6.45, 7) is 0. The topological polar surface area (TPSA) is 188 Å². The van der Waals surface area contributed by atoms with E-state index in [9.17, 15) is 19.8 Å². The first-order chi connectivity index (χ1) is 17.4. The smallest absolute Gasteiger partial charge is 0.280 e. The average molecular weight is 491 g/mol. The molecule has 7 rings (SSSR count). The van der Waals surface area contributed by atoms with E-state index < -0.39 is 35.5 Å². The van der Waals surface area contributed by atoms with Crippen molar-refractivity contribution in [2.24, 2.45) is 0 Å². The molecular formula is C23H17N5O8. The zero-order chi connectivity index (χ0) is 24.9. The SMILES string of the molecule is COc1cc2c(c3oc4cccc(O)c4c(=O)c13)C1C(O2)OC(n2cnc3c(=O)[nH]c(N)nc32)C1O. The van der Waals surface area contributed by atoms with Crippen molar-refractivity contribution < 1.29 is 28.8 Å². The first kappa shape index (κ1) is 20.7. The third-order valence-electron chi connectivity index (χ3n) is 6.66. The number of anilines is 1. The molecule has 2 aromatic carbocycles. The number of methoxy groups -OCH3 is 1. The molecule has 0 saturated carbocycles. The number of benzene rings is 2. The predicted molar refractivity (Wildman–Crippen MR) is 124 cm³/mol. The van der Waals surface area contributed by atoms with Gasteiger partial charge in [-0.2, -0.15) is 4.98 Å². The molecule has 0 radical (unpaired) electrons. The van der Waals surface area contributed by atoms with Crippen LogP contribution in [0.25, 0.3) is 33.1 Å². The maximum Gasteiger partial charge on any atom is 0.280 e. The largest absolute Gasteiger partial charge is 0.507 e. The number of aromatic amines is 1. The number of phenolic OH excluding ortho intramolecular Hbond substituents is 1. The lowest BCUT2D eigenvalue weighted by atomic mass is 9.92. The molecule has 0 amide bonds. The highest BCUT2D eigenvalue weighted by Gasteiger charge is 2.53. The predicted octanol–water partition coefficient (Wildman–Crippen LogP) is 1.07. The standard InChI is InChI=1S/C23H17N5O8/c1-33-9-5-10-12(18-13(9)16(30)11-7(29)3-2-4-8(11)34-18)14-17(31)21(36-22(14)35-10)28-6-25-15-19(28)26-23(24)27-20(15)32/h2-6,14,17,21-22,29,31H,1H3,(H3,24,26,27,32). The summed E-state index contributed by atoms with van der Waals surface area (Å²) in [6.07, 6.45) is -1.86. The van der Waals surface area contributed by atoms with Crippen LogP contribution in [0.1, 0.15) is 17.7 Å². The van der Waals surface area contributed by atoms with E-state index >= 15 is 0 Å². The number of nitrogens with one attached hydrogen (secondary N) is 1. The number of fused-ring (bicyclic) bond motifs is 7. The Balaban J connectivity index is 1.44. The summed E-state index contributed by atoms with van der Waals surface area (Å²) in [6, 6.07) is 6.04. The van der Waals surface area contributed by atoms with Gasteiger partial charge >= 0.3 is 0 Å². The minimum atomic E-state index is -1.21. The molecule has 5 aromatic rings. The molecule has 0 aliphatic carbocycles. The van der Waals surface area contributed by atoms with E-state index in [4.69, 9.17) is 24.4 Å². The number of nitrogen functional groups attached to an aromatic ring is 1. The van der Waals surface area contributed by atoms with Crippen molar-refractivity contribution in [3.05, 3.63) is 56.7 Å². The molecule has 3 aromatic heterocycles. The van der Waals surface area contributed by atoms with Gasteiger partial charge in [-0.05, 0) is 12.1 Å². The van der Waals surface area contributed by atoms with Crippen molar-refractivity contribution in [3.8, 4) is 17.2 Å². The third-order valence-corrected chi connectivity index (χ3v) is 6.66. The summed E-state index contributed by atoms with van der Waals surface area (Å²) >= 11 is 0. The van der Waals surface area contributed by atoms with Gasteiger partial charge in [-0.25, -0.2) is 4.98 Å². The van der Waals surface area contributed by atoms with Gasteiger partial charge < -0.3 is 34.6 Å². The molecule has 2 aliphatic heterocycles. The van der Waals surface area contributed by atoms with Crippen LogP contribution in [0.2, 0.25) is 0 Å². The van der Waals surface area contributed by atoms with Crippen LogP contribution in [0.4, 0.5) is 5.95 Å². The van der Waals surface area contributed by atoms with Crippen LogP contribution >= 0.6 is 0 Å². The Bertz CT molecular complexity index is 1860. The molecule has 1 fully saturated rings. The molecule has 0 bridgehead atoms. The van der Waals surface area contributed by atoms with Gasteiger partial charge in [0, 0.05) is 6.07 Å². The highest BCUT2D eigenvalue weighted by atomic mass is 16.7. The van der Waals surface area contributed by atoms with Crippen LogP contribution in [-0.2, 0) is 4.74 Å². The minimum absolute atomic E-state index is 0.0126. The van der Waals surface area contributed by atoms with Crippen molar-refractivity contribution in [1.29, 1.82) is 0 Å². The Morgan fingerprint density at radius 2 is 2.08 bits per heavy atom. The summed E-state index contributed by atoms with van der Waals surface area (Å²) in [7, 11) is 1.40. The lowest BCUT2D eigenvalue weighted by molar-refractivity contribution is -0.103. The van der Waals surface area contributed by atoms with Crippen LogP contribution in [0, 0.1) is 0 Å². The van der Waals surface area contributed by atoms with Gasteiger partial charge in [0.1, 0.15) is 45.3 Å². The highest BCUT2D eigenvalue weighted by Crippen LogP contribution is 2.53. The zero-order valence-electron chi connectivity index (χ0n) is 18.5. The van der Waals surface area contributed by atoms with E-state index in [-0.39, 0.29) is 50.5 Å². The van der Waals surface area contributed by atoms with Gasteiger partial charge in [0.2, 0.25) is 17.7 Å². The number of hydrogen-bond acceptors (Lipinski definition) is 11. The van der Waals surface area contributed by atoms with E-state index in [1.54, 1.807) is 12.1 Å². The molecule has 13 nitrogen and oxygen atoms in total. The number of aromatic nitrogens is 4. The number of aliphatic hydroxyl groups is 1. The number of hydrogen-bond donors (Lipinski definition) is 4. The van der Waals surface area contributed by atoms with Gasteiger partial charge in [-0.1, -0.05) is 6.07 Å². The summed E-state index contributed by atoms with van der Waals surface area (Å²) in [4.78, 5) is 36.2. The maximum absolute atomic E-state index is 13.4. The molecule has 13 heteroatoms. The summed E-state index contributed by atoms with van der Waals surface area (Å²) in [5, 5.41) is 21.8. The van der Waals surface area contributed by atoms with E-state index in [0.29, 0.717) is 11.3 Å². The summed E-state index contributed by atoms with van der Waals surface area (Å²) in [5.41, 5.74) is 5.58. The number of H-pyrrole nitrogens is 1. The number of aromatic hydroxyl groups is 1. The molecule has 36 heavy (non-hydrogen) atoms. The molecule has 5 N–H and O–H groups in total. The number of nitrogens with two attached hydrogens (primary N) is 1. The molecule has 1 saturated heterocycles. The third kappa shape index (κ3) is 2.55. The maximum atomic E-state index is 13.4. The number of rotatable bonds is 2. The second-order valence-corrected chi connectivity index (χ2v) is 8.58. The first-order valence-electron chi connectivity index (χ1n) is 10.9. The van der Waals surface area contributed by atoms with Crippen molar-refractivity contribution in [2.45, 2.75) is 24.5 Å². The Hall–Kier alpha value is -4.62. The minimum Gasteiger partial charge on any atom is -0.507 e. The normalized spacial score (nSPS) is 22.7. The Morgan fingerprint density at radius 3 is 2.89 bits per heavy atom. The fourth-order valence-corrected chi connectivity index (χ4v) is 5.12. The van der Waals surface area contributed by atoms with Gasteiger partial charge in [-0.15, -0.1) is 0 Å². The number of ether oxygens (including phenoxy) is 3. The number of imidazole rings is 1. The molecule has 5 heterocycles. The molecule has 0 spiro atoms. The molecular weight excluding hydrogens is 474 g/mol. The van der Waals surface area contributed by atoms with Crippen molar-refractivity contribution in [2.75, 3.05) is 12.8 Å². The zero-order valence-corrected chi connectivity index (χ0v) is 18.5. The van der Waals surface area contributed by atoms with Crippen LogP contribution in [0.5, 0.6) is 17.2 Å². The van der Waals surface area contributed by atoms with Crippen molar-refractivity contribution in [1.82, 2.24) is 19.5 Å². The second kappa shape index (κ2) is 6.96. The summed E-state index contributed by atoms with van der Waals surface area (Å²) < 4.78 is 25.0. The number of phenols is 1. The quantitative estimate of drug-likeness (QED) is 0.259. The molecule has 182 valence electrons. The Kier molecular flexibility index (Phi) is 4.01. The average Bonchev–Trinajstić information content (AvgIpc) is 3.51. The van der Waals surface area contributed by atoms with Gasteiger partial charge in [0.05, 0.1) is 24.9 Å². The van der Waals surface area contributed by atoms with Gasteiger partial charge in [0.15, 0.2) is 17.4 Å². The highest BCUT2D eigenvalue weighted by molar-refractivity contribution is 5.98. The fourth-order valence-electron chi connectivity index (χ4n) is 5.12.